The molecule has 0 radical (unpaired) electrons. The fourth-order valence-electron chi connectivity index (χ4n) is 1.41. The van der Waals surface area contributed by atoms with Crippen molar-refractivity contribution in [3.8, 4) is 0 Å². The predicted molar refractivity (Wildman–Crippen MR) is 61.0 cm³/mol. The molecule has 0 spiro atoms. The highest BCUT2D eigenvalue weighted by Gasteiger charge is 1.93. The molecule has 0 bridgehead atoms. The van der Waals surface area contributed by atoms with Crippen LogP contribution in [0, 0.1) is 5.92 Å². The van der Waals surface area contributed by atoms with Crippen LogP contribution in [-0.2, 0) is 0 Å². The molecular weight excluding hydrogens is 158 g/mol. The van der Waals surface area contributed by atoms with Crippen LogP contribution >= 0.6 is 0 Å². The molecular formula is C12H25N. The molecule has 0 amide bonds. The highest BCUT2D eigenvalue weighted by atomic mass is 15.0. The molecule has 1 nitrogen and oxygen atoms in total. The smallest absolute Gasteiger partial charge is 0.00219 e. The van der Waals surface area contributed by atoms with Gasteiger partial charge in [-0.2, -0.15) is 0 Å². The summed E-state index contributed by atoms with van der Waals surface area (Å²) in [6.07, 6.45) is 9.82. The van der Waals surface area contributed by atoms with Gasteiger partial charge in [-0.15, -0.1) is 0 Å². The standard InChI is InChI=1S/C12H25N/c1-5-9-12(2)10-7-6-8-11-13(3)4/h7,10,12H,5-6,8-9,11H2,1-4H3/b10-7-. The van der Waals surface area contributed by atoms with Crippen molar-refractivity contribution in [3.63, 3.8) is 0 Å². The van der Waals surface area contributed by atoms with E-state index in [0.717, 1.165) is 5.92 Å². The van der Waals surface area contributed by atoms with Crippen LogP contribution in [0.4, 0.5) is 0 Å². The van der Waals surface area contributed by atoms with Crippen LogP contribution in [0.15, 0.2) is 12.2 Å². The summed E-state index contributed by atoms with van der Waals surface area (Å²) >= 11 is 0. The quantitative estimate of drug-likeness (QED) is 0.432. The first-order chi connectivity index (χ1) is 6.16. The molecule has 0 N–H and O–H groups in total. The van der Waals surface area contributed by atoms with Crippen LogP contribution in [0.3, 0.4) is 0 Å². The minimum atomic E-state index is 0.768. The Morgan fingerprint density at radius 1 is 1.31 bits per heavy atom. The summed E-state index contributed by atoms with van der Waals surface area (Å²) in [7, 11) is 4.26. The highest BCUT2D eigenvalue weighted by Crippen LogP contribution is 2.07. The Bertz CT molecular complexity index is 127. The lowest BCUT2D eigenvalue weighted by atomic mass is 10.1. The molecule has 0 saturated heterocycles. The van der Waals surface area contributed by atoms with Gasteiger partial charge in [0.2, 0.25) is 0 Å². The Morgan fingerprint density at radius 3 is 2.54 bits per heavy atom. The Morgan fingerprint density at radius 2 is 2.00 bits per heavy atom. The van der Waals surface area contributed by atoms with Gasteiger partial charge in [-0.1, -0.05) is 32.4 Å². The van der Waals surface area contributed by atoms with Crippen molar-refractivity contribution < 1.29 is 0 Å². The molecule has 0 rings (SSSR count). The van der Waals surface area contributed by atoms with E-state index in [4.69, 9.17) is 0 Å². The second-order valence-corrected chi connectivity index (χ2v) is 4.14. The zero-order valence-electron chi connectivity index (χ0n) is 9.71. The van der Waals surface area contributed by atoms with Gasteiger partial charge in [0, 0.05) is 0 Å². The van der Waals surface area contributed by atoms with Crippen molar-refractivity contribution in [2.45, 2.75) is 39.5 Å². The number of allylic oxidation sites excluding steroid dienone is 2. The summed E-state index contributed by atoms with van der Waals surface area (Å²) in [5.74, 6) is 0.768. The Hall–Kier alpha value is -0.300. The summed E-state index contributed by atoms with van der Waals surface area (Å²) < 4.78 is 0. The van der Waals surface area contributed by atoms with Gasteiger partial charge in [0.15, 0.2) is 0 Å². The molecule has 0 aromatic rings. The Kier molecular flexibility index (Phi) is 8.11. The zero-order chi connectivity index (χ0) is 10.1. The maximum absolute atomic E-state index is 2.36. The van der Waals surface area contributed by atoms with Crippen LogP contribution in [0.5, 0.6) is 0 Å². The largest absolute Gasteiger partial charge is 0.309 e. The first-order valence-corrected chi connectivity index (χ1v) is 5.48. The zero-order valence-corrected chi connectivity index (χ0v) is 9.71. The van der Waals surface area contributed by atoms with Gasteiger partial charge < -0.3 is 4.90 Å². The van der Waals surface area contributed by atoms with Crippen molar-refractivity contribution in [2.24, 2.45) is 5.92 Å². The SMILES string of the molecule is CCCC(C)/C=C\CCCN(C)C. The third kappa shape index (κ3) is 9.62. The van der Waals surface area contributed by atoms with Crippen molar-refractivity contribution >= 4 is 0 Å². The second kappa shape index (κ2) is 8.31. The van der Waals surface area contributed by atoms with E-state index in [1.807, 2.05) is 0 Å². The lowest BCUT2D eigenvalue weighted by molar-refractivity contribution is 0.401. The van der Waals surface area contributed by atoms with E-state index in [2.05, 4.69) is 45.0 Å². The molecule has 0 aliphatic carbocycles. The minimum Gasteiger partial charge on any atom is -0.309 e. The molecule has 1 unspecified atom stereocenters. The molecule has 0 aromatic carbocycles. The molecule has 78 valence electrons. The van der Waals surface area contributed by atoms with Crippen LogP contribution in [0.2, 0.25) is 0 Å². The van der Waals surface area contributed by atoms with Crippen molar-refractivity contribution in [3.05, 3.63) is 12.2 Å². The fraction of sp³-hybridized carbons (Fsp3) is 0.833. The van der Waals surface area contributed by atoms with Gasteiger partial charge in [0.1, 0.15) is 0 Å². The monoisotopic (exact) mass is 183 g/mol. The van der Waals surface area contributed by atoms with E-state index in [-0.39, 0.29) is 0 Å². The summed E-state index contributed by atoms with van der Waals surface area (Å²) in [5.41, 5.74) is 0. The topological polar surface area (TPSA) is 3.24 Å². The molecule has 13 heavy (non-hydrogen) atoms. The summed E-state index contributed by atoms with van der Waals surface area (Å²) in [6.45, 7) is 5.74. The summed E-state index contributed by atoms with van der Waals surface area (Å²) in [4.78, 5) is 2.24. The number of hydrogen-bond donors (Lipinski definition) is 0. The average Bonchev–Trinajstić information content (AvgIpc) is 2.03. The predicted octanol–water partition coefficient (Wildman–Crippen LogP) is 3.32. The van der Waals surface area contributed by atoms with Crippen molar-refractivity contribution in [2.75, 3.05) is 20.6 Å². The van der Waals surface area contributed by atoms with Gasteiger partial charge in [-0.25, -0.2) is 0 Å². The van der Waals surface area contributed by atoms with Crippen molar-refractivity contribution in [1.82, 2.24) is 4.90 Å². The average molecular weight is 183 g/mol. The third-order valence-corrected chi connectivity index (χ3v) is 2.18. The minimum absolute atomic E-state index is 0.768. The van der Waals surface area contributed by atoms with Gasteiger partial charge in [-0.3, -0.25) is 0 Å². The molecule has 0 fully saturated rings. The van der Waals surface area contributed by atoms with Crippen LogP contribution in [0.25, 0.3) is 0 Å². The first kappa shape index (κ1) is 12.7. The number of hydrogen-bond acceptors (Lipinski definition) is 1. The third-order valence-electron chi connectivity index (χ3n) is 2.18. The van der Waals surface area contributed by atoms with Crippen LogP contribution in [0.1, 0.15) is 39.5 Å². The summed E-state index contributed by atoms with van der Waals surface area (Å²) in [6, 6.07) is 0. The second-order valence-electron chi connectivity index (χ2n) is 4.14. The van der Waals surface area contributed by atoms with Gasteiger partial charge in [0.05, 0.1) is 0 Å². The lowest BCUT2D eigenvalue weighted by Gasteiger charge is -2.07. The van der Waals surface area contributed by atoms with E-state index in [1.54, 1.807) is 0 Å². The summed E-state index contributed by atoms with van der Waals surface area (Å²) in [5, 5.41) is 0. The molecule has 0 aliphatic rings. The lowest BCUT2D eigenvalue weighted by Crippen LogP contribution is -2.12. The maximum Gasteiger partial charge on any atom is -0.00219 e. The number of rotatable bonds is 7. The maximum atomic E-state index is 2.36. The molecule has 1 atom stereocenters. The van der Waals surface area contributed by atoms with Crippen LogP contribution < -0.4 is 0 Å². The molecule has 0 saturated carbocycles. The molecule has 0 aliphatic heterocycles. The molecule has 0 heterocycles. The Balaban J connectivity index is 3.30. The molecule has 0 aromatic heterocycles. The van der Waals surface area contributed by atoms with E-state index < -0.39 is 0 Å². The van der Waals surface area contributed by atoms with E-state index >= 15 is 0 Å². The van der Waals surface area contributed by atoms with Crippen molar-refractivity contribution in [1.29, 1.82) is 0 Å². The van der Waals surface area contributed by atoms with Gasteiger partial charge in [-0.05, 0) is 45.8 Å². The normalized spacial score (nSPS) is 14.2. The van der Waals surface area contributed by atoms with Gasteiger partial charge in [0.25, 0.3) is 0 Å². The fourth-order valence-corrected chi connectivity index (χ4v) is 1.41. The highest BCUT2D eigenvalue weighted by molar-refractivity contribution is 4.86. The number of unbranched alkanes of at least 4 members (excludes halogenated alkanes) is 1. The number of nitrogens with zero attached hydrogens (tertiary/aromatic N) is 1. The molecule has 1 heteroatoms. The van der Waals surface area contributed by atoms with E-state index in [1.165, 1.54) is 32.2 Å². The van der Waals surface area contributed by atoms with Gasteiger partial charge >= 0.3 is 0 Å². The van der Waals surface area contributed by atoms with E-state index in [9.17, 15) is 0 Å². The van der Waals surface area contributed by atoms with E-state index in [0.29, 0.717) is 0 Å². The van der Waals surface area contributed by atoms with Crippen LogP contribution in [-0.4, -0.2) is 25.5 Å². The Labute approximate surface area is 83.8 Å². The first-order valence-electron chi connectivity index (χ1n) is 5.48.